The SMILES string of the molecule is N#Cc1ccc(CSc2ccc(F)cc2N)cc1. The van der Waals surface area contributed by atoms with Crippen molar-refractivity contribution in [3.05, 3.63) is 59.4 Å². The van der Waals surface area contributed by atoms with Gasteiger partial charge in [-0.1, -0.05) is 12.1 Å². The van der Waals surface area contributed by atoms with Gasteiger partial charge in [-0.15, -0.1) is 11.8 Å². The molecule has 2 aromatic rings. The number of hydrogen-bond donors (Lipinski definition) is 1. The first-order valence-corrected chi connectivity index (χ1v) is 6.34. The molecule has 0 aromatic heterocycles. The van der Waals surface area contributed by atoms with E-state index in [-0.39, 0.29) is 5.82 Å². The summed E-state index contributed by atoms with van der Waals surface area (Å²) in [5, 5.41) is 8.69. The fourth-order valence-corrected chi connectivity index (χ4v) is 2.39. The Morgan fingerprint density at radius 3 is 2.50 bits per heavy atom. The van der Waals surface area contributed by atoms with Crippen LogP contribution in [0.5, 0.6) is 0 Å². The summed E-state index contributed by atoms with van der Waals surface area (Å²) in [7, 11) is 0. The molecule has 2 nitrogen and oxygen atoms in total. The van der Waals surface area contributed by atoms with Crippen LogP contribution in [0.2, 0.25) is 0 Å². The van der Waals surface area contributed by atoms with E-state index in [0.717, 1.165) is 16.2 Å². The number of nitrogens with two attached hydrogens (primary N) is 1. The van der Waals surface area contributed by atoms with Crippen LogP contribution in [0.3, 0.4) is 0 Å². The number of anilines is 1. The van der Waals surface area contributed by atoms with Gasteiger partial charge in [0.15, 0.2) is 0 Å². The molecule has 0 heterocycles. The average Bonchev–Trinajstić information content (AvgIpc) is 2.38. The third kappa shape index (κ3) is 3.02. The van der Waals surface area contributed by atoms with Crippen molar-refractivity contribution in [2.75, 3.05) is 5.73 Å². The van der Waals surface area contributed by atoms with Gasteiger partial charge in [0, 0.05) is 16.3 Å². The standard InChI is InChI=1S/C14H11FN2S/c15-12-5-6-14(13(17)7-12)18-9-11-3-1-10(8-16)2-4-11/h1-7H,9,17H2. The summed E-state index contributed by atoms with van der Waals surface area (Å²) in [5.74, 6) is 0.414. The zero-order valence-corrected chi connectivity index (χ0v) is 10.4. The molecular formula is C14H11FN2S. The molecule has 4 heteroatoms. The third-order valence-electron chi connectivity index (χ3n) is 2.45. The highest BCUT2D eigenvalue weighted by molar-refractivity contribution is 7.98. The van der Waals surface area contributed by atoms with E-state index >= 15 is 0 Å². The second-order valence-corrected chi connectivity index (χ2v) is 4.80. The number of nitrogen functional groups attached to an aromatic ring is 1. The largest absolute Gasteiger partial charge is 0.398 e. The van der Waals surface area contributed by atoms with E-state index in [1.54, 1.807) is 30.0 Å². The lowest BCUT2D eigenvalue weighted by atomic mass is 10.2. The molecule has 0 saturated heterocycles. The molecule has 0 aliphatic carbocycles. The van der Waals surface area contributed by atoms with Gasteiger partial charge in [-0.25, -0.2) is 4.39 Å². The van der Waals surface area contributed by atoms with Gasteiger partial charge < -0.3 is 5.73 Å². The van der Waals surface area contributed by atoms with Gasteiger partial charge in [0.1, 0.15) is 5.82 Å². The van der Waals surface area contributed by atoms with E-state index in [1.807, 2.05) is 12.1 Å². The van der Waals surface area contributed by atoms with Crippen molar-refractivity contribution < 1.29 is 4.39 Å². The van der Waals surface area contributed by atoms with Gasteiger partial charge in [-0.2, -0.15) is 5.26 Å². The van der Waals surface area contributed by atoms with Crippen LogP contribution in [-0.4, -0.2) is 0 Å². The van der Waals surface area contributed by atoms with E-state index in [2.05, 4.69) is 6.07 Å². The maximum absolute atomic E-state index is 12.9. The Labute approximate surface area is 109 Å². The second kappa shape index (κ2) is 5.56. The van der Waals surface area contributed by atoms with E-state index in [4.69, 9.17) is 11.0 Å². The van der Waals surface area contributed by atoms with Crippen LogP contribution in [0.25, 0.3) is 0 Å². The number of nitrogens with zero attached hydrogens (tertiary/aromatic N) is 1. The highest BCUT2D eigenvalue weighted by Gasteiger charge is 2.02. The Hall–Kier alpha value is -1.99. The summed E-state index contributed by atoms with van der Waals surface area (Å²) in [6, 6.07) is 13.9. The molecule has 2 N–H and O–H groups in total. The predicted molar refractivity (Wildman–Crippen MR) is 71.5 cm³/mol. The average molecular weight is 258 g/mol. The van der Waals surface area contributed by atoms with Gasteiger partial charge >= 0.3 is 0 Å². The molecule has 0 spiro atoms. The van der Waals surface area contributed by atoms with Gasteiger partial charge in [0.2, 0.25) is 0 Å². The van der Waals surface area contributed by atoms with Crippen LogP contribution in [0.4, 0.5) is 10.1 Å². The van der Waals surface area contributed by atoms with Crippen molar-refractivity contribution in [2.24, 2.45) is 0 Å². The van der Waals surface area contributed by atoms with Crippen LogP contribution in [-0.2, 0) is 5.75 Å². The number of nitriles is 1. The number of halogens is 1. The topological polar surface area (TPSA) is 49.8 Å². The van der Waals surface area contributed by atoms with E-state index in [0.29, 0.717) is 11.3 Å². The van der Waals surface area contributed by atoms with Gasteiger partial charge in [-0.05, 0) is 35.9 Å². The normalized spacial score (nSPS) is 10.0. The molecule has 2 rings (SSSR count). The zero-order chi connectivity index (χ0) is 13.0. The lowest BCUT2D eigenvalue weighted by molar-refractivity contribution is 0.627. The summed E-state index contributed by atoms with van der Waals surface area (Å²) in [5.41, 5.74) is 7.92. The Morgan fingerprint density at radius 1 is 1.17 bits per heavy atom. The molecule has 2 aromatic carbocycles. The summed E-state index contributed by atoms with van der Waals surface area (Å²) >= 11 is 1.55. The second-order valence-electron chi connectivity index (χ2n) is 3.78. The summed E-state index contributed by atoms with van der Waals surface area (Å²) in [6.45, 7) is 0. The maximum Gasteiger partial charge on any atom is 0.125 e. The minimum atomic E-state index is -0.324. The Bertz CT molecular complexity index is 588. The van der Waals surface area contributed by atoms with Crippen LogP contribution >= 0.6 is 11.8 Å². The molecular weight excluding hydrogens is 247 g/mol. The quantitative estimate of drug-likeness (QED) is 0.676. The minimum absolute atomic E-state index is 0.324. The molecule has 0 amide bonds. The predicted octanol–water partition coefficient (Wildman–Crippen LogP) is 3.57. The summed E-state index contributed by atoms with van der Waals surface area (Å²) < 4.78 is 12.9. The monoisotopic (exact) mass is 258 g/mol. The first-order valence-electron chi connectivity index (χ1n) is 5.36. The van der Waals surface area contributed by atoms with Crippen molar-refractivity contribution in [1.82, 2.24) is 0 Å². The lowest BCUT2D eigenvalue weighted by Crippen LogP contribution is -1.90. The molecule has 0 bridgehead atoms. The number of benzene rings is 2. The van der Waals surface area contributed by atoms with Crippen molar-refractivity contribution >= 4 is 17.4 Å². The van der Waals surface area contributed by atoms with Crippen molar-refractivity contribution in [1.29, 1.82) is 5.26 Å². The zero-order valence-electron chi connectivity index (χ0n) is 9.56. The molecule has 0 atom stereocenters. The smallest absolute Gasteiger partial charge is 0.125 e. The highest BCUT2D eigenvalue weighted by atomic mass is 32.2. The minimum Gasteiger partial charge on any atom is -0.398 e. The Morgan fingerprint density at radius 2 is 1.89 bits per heavy atom. The molecule has 0 aliphatic heterocycles. The molecule has 0 unspecified atom stereocenters. The highest BCUT2D eigenvalue weighted by Crippen LogP contribution is 2.28. The van der Waals surface area contributed by atoms with E-state index in [1.165, 1.54) is 12.1 Å². The molecule has 0 saturated carbocycles. The van der Waals surface area contributed by atoms with Crippen LogP contribution < -0.4 is 5.73 Å². The van der Waals surface area contributed by atoms with Crippen LogP contribution in [0, 0.1) is 17.1 Å². The van der Waals surface area contributed by atoms with Gasteiger partial charge in [-0.3, -0.25) is 0 Å². The molecule has 0 radical (unpaired) electrons. The molecule has 90 valence electrons. The van der Waals surface area contributed by atoms with Crippen molar-refractivity contribution in [3.8, 4) is 6.07 Å². The third-order valence-corrected chi connectivity index (χ3v) is 3.61. The number of hydrogen-bond acceptors (Lipinski definition) is 3. The maximum atomic E-state index is 12.9. The van der Waals surface area contributed by atoms with Crippen LogP contribution in [0.1, 0.15) is 11.1 Å². The van der Waals surface area contributed by atoms with E-state index in [9.17, 15) is 4.39 Å². The molecule has 0 fully saturated rings. The molecule has 18 heavy (non-hydrogen) atoms. The Kier molecular flexibility index (Phi) is 3.85. The summed E-state index contributed by atoms with van der Waals surface area (Å²) in [4.78, 5) is 0.862. The van der Waals surface area contributed by atoms with Crippen LogP contribution in [0.15, 0.2) is 47.4 Å². The fraction of sp³-hybridized carbons (Fsp3) is 0.0714. The molecule has 0 aliphatic rings. The summed E-state index contributed by atoms with van der Waals surface area (Å²) in [6.07, 6.45) is 0. The van der Waals surface area contributed by atoms with E-state index < -0.39 is 0 Å². The van der Waals surface area contributed by atoms with Gasteiger partial charge in [0.05, 0.1) is 11.6 Å². The van der Waals surface area contributed by atoms with Crippen molar-refractivity contribution in [2.45, 2.75) is 10.6 Å². The van der Waals surface area contributed by atoms with Crippen molar-refractivity contribution in [3.63, 3.8) is 0 Å². The first-order chi connectivity index (χ1) is 8.69. The fourth-order valence-electron chi connectivity index (χ4n) is 1.49. The van der Waals surface area contributed by atoms with Gasteiger partial charge in [0.25, 0.3) is 0 Å². The Balaban J connectivity index is 2.04. The number of rotatable bonds is 3. The lowest BCUT2D eigenvalue weighted by Gasteiger charge is -2.05. The number of thioether (sulfide) groups is 1. The first kappa shape index (κ1) is 12.5.